The molecule has 170 valence electrons. The Hall–Kier alpha value is -3.26. The molecule has 0 aliphatic carbocycles. The lowest BCUT2D eigenvalue weighted by Crippen LogP contribution is -2.29. The van der Waals surface area contributed by atoms with E-state index in [4.69, 9.17) is 49.3 Å². The third-order valence-corrected chi connectivity index (χ3v) is 7.00. The van der Waals surface area contributed by atoms with Crippen LogP contribution in [0.3, 0.4) is 0 Å². The van der Waals surface area contributed by atoms with Gasteiger partial charge in [-0.2, -0.15) is 0 Å². The van der Waals surface area contributed by atoms with Crippen LogP contribution in [-0.2, 0) is 0 Å². The van der Waals surface area contributed by atoms with E-state index in [2.05, 4.69) is 10.3 Å². The van der Waals surface area contributed by atoms with Crippen LogP contribution in [0.15, 0.2) is 77.3 Å². The maximum Gasteiger partial charge on any atom is 0.231 e. The number of nitrogens with one attached hydrogen (secondary N) is 1. The number of aromatic nitrogens is 1. The number of fused-ring (bicyclic) bond motifs is 1. The van der Waals surface area contributed by atoms with Gasteiger partial charge in [0, 0.05) is 23.5 Å². The SMILES string of the molecule is S=C1N[C@@H](c2ccccn2)[C@@H](c2ccc(-c3cccc(Cl)c3Cl)o2)N1c1ccc2c(c1)OCO2. The summed E-state index contributed by atoms with van der Waals surface area (Å²) >= 11 is 18.5. The highest BCUT2D eigenvalue weighted by Gasteiger charge is 2.43. The minimum atomic E-state index is -0.311. The van der Waals surface area contributed by atoms with Crippen molar-refractivity contribution >= 4 is 46.2 Å². The summed E-state index contributed by atoms with van der Waals surface area (Å²) in [6.45, 7) is 0.198. The zero-order chi connectivity index (χ0) is 23.2. The van der Waals surface area contributed by atoms with Gasteiger partial charge >= 0.3 is 0 Å². The summed E-state index contributed by atoms with van der Waals surface area (Å²) in [6, 6.07) is 20.3. The molecule has 1 fully saturated rings. The lowest BCUT2D eigenvalue weighted by atomic mass is 10.0. The van der Waals surface area contributed by atoms with Crippen LogP contribution >= 0.6 is 35.4 Å². The molecule has 2 atom stereocenters. The Morgan fingerprint density at radius 3 is 2.71 bits per heavy atom. The second kappa shape index (κ2) is 8.51. The molecule has 0 radical (unpaired) electrons. The molecule has 9 heteroatoms. The van der Waals surface area contributed by atoms with Crippen molar-refractivity contribution in [2.24, 2.45) is 0 Å². The molecule has 4 heterocycles. The van der Waals surface area contributed by atoms with Crippen LogP contribution in [0.25, 0.3) is 11.3 Å². The van der Waals surface area contributed by atoms with Crippen LogP contribution in [0, 0.1) is 0 Å². The average molecular weight is 510 g/mol. The van der Waals surface area contributed by atoms with Gasteiger partial charge in [-0.1, -0.05) is 35.3 Å². The first-order valence-corrected chi connectivity index (χ1v) is 11.7. The number of anilines is 1. The molecular weight excluding hydrogens is 493 g/mol. The standard InChI is InChI=1S/C25H17Cl2N3O3S/c26-16-5-3-4-15(22(16)27)18-9-10-20(33-18)24-23(17-6-1-2-11-28-17)29-25(34)30(24)14-7-8-19-21(12-14)32-13-31-19/h1-12,23-24H,13H2,(H,29,34)/t23-,24+/m0/s1. The van der Waals surface area contributed by atoms with Gasteiger partial charge in [0.2, 0.25) is 6.79 Å². The Morgan fingerprint density at radius 1 is 0.971 bits per heavy atom. The Balaban J connectivity index is 1.46. The van der Waals surface area contributed by atoms with Gasteiger partial charge in [0.25, 0.3) is 0 Å². The Labute approximate surface area is 211 Å². The zero-order valence-corrected chi connectivity index (χ0v) is 19.9. The van der Waals surface area contributed by atoms with Crippen molar-refractivity contribution in [1.82, 2.24) is 10.3 Å². The van der Waals surface area contributed by atoms with E-state index < -0.39 is 0 Å². The summed E-state index contributed by atoms with van der Waals surface area (Å²) in [6.07, 6.45) is 1.76. The molecule has 2 aliphatic rings. The molecule has 0 spiro atoms. The number of hydrogen-bond donors (Lipinski definition) is 1. The van der Waals surface area contributed by atoms with Gasteiger partial charge in [0.1, 0.15) is 17.6 Å². The summed E-state index contributed by atoms with van der Waals surface area (Å²) in [7, 11) is 0. The van der Waals surface area contributed by atoms with Gasteiger partial charge < -0.3 is 24.1 Å². The summed E-state index contributed by atoms with van der Waals surface area (Å²) in [5.41, 5.74) is 2.42. The van der Waals surface area contributed by atoms with E-state index in [-0.39, 0.29) is 18.9 Å². The largest absolute Gasteiger partial charge is 0.459 e. The quantitative estimate of drug-likeness (QED) is 0.312. The topological polar surface area (TPSA) is 59.8 Å². The number of ether oxygens (including phenoxy) is 2. The van der Waals surface area contributed by atoms with E-state index in [9.17, 15) is 0 Å². The maximum absolute atomic E-state index is 6.45. The van der Waals surface area contributed by atoms with Crippen LogP contribution in [-0.4, -0.2) is 16.9 Å². The van der Waals surface area contributed by atoms with Crippen molar-refractivity contribution in [3.05, 3.63) is 94.4 Å². The summed E-state index contributed by atoms with van der Waals surface area (Å²) in [4.78, 5) is 6.59. The molecule has 0 bridgehead atoms. The van der Waals surface area contributed by atoms with Gasteiger partial charge in [-0.15, -0.1) is 0 Å². The van der Waals surface area contributed by atoms with Crippen molar-refractivity contribution in [3.8, 4) is 22.8 Å². The second-order valence-electron chi connectivity index (χ2n) is 7.84. The van der Waals surface area contributed by atoms with E-state index in [1.54, 1.807) is 12.3 Å². The molecule has 6 nitrogen and oxygen atoms in total. The van der Waals surface area contributed by atoms with Gasteiger partial charge in [0.05, 0.1) is 21.8 Å². The monoisotopic (exact) mass is 509 g/mol. The highest BCUT2D eigenvalue weighted by molar-refractivity contribution is 7.80. The number of rotatable bonds is 4. The van der Waals surface area contributed by atoms with Crippen LogP contribution in [0.2, 0.25) is 10.0 Å². The van der Waals surface area contributed by atoms with Gasteiger partial charge in [-0.05, 0) is 60.7 Å². The van der Waals surface area contributed by atoms with Crippen molar-refractivity contribution in [3.63, 3.8) is 0 Å². The minimum absolute atomic E-state index is 0.198. The molecule has 2 aromatic heterocycles. The van der Waals surface area contributed by atoms with Crippen molar-refractivity contribution < 1.29 is 13.9 Å². The highest BCUT2D eigenvalue weighted by atomic mass is 35.5. The summed E-state index contributed by atoms with van der Waals surface area (Å²) in [5.74, 6) is 2.69. The molecule has 0 unspecified atom stereocenters. The smallest absolute Gasteiger partial charge is 0.231 e. The molecule has 34 heavy (non-hydrogen) atoms. The van der Waals surface area contributed by atoms with Crippen molar-refractivity contribution in [1.29, 1.82) is 0 Å². The predicted octanol–water partition coefficient (Wildman–Crippen LogP) is 6.55. The number of furan rings is 1. The maximum atomic E-state index is 6.45. The lowest BCUT2D eigenvalue weighted by Gasteiger charge is -2.26. The molecule has 1 saturated heterocycles. The first-order chi connectivity index (χ1) is 16.6. The van der Waals surface area contributed by atoms with Crippen molar-refractivity contribution in [2.75, 3.05) is 11.7 Å². The summed E-state index contributed by atoms with van der Waals surface area (Å²) < 4.78 is 17.4. The Bertz CT molecular complexity index is 1400. The van der Waals surface area contributed by atoms with Crippen molar-refractivity contribution in [2.45, 2.75) is 12.1 Å². The molecular formula is C25H17Cl2N3O3S. The molecule has 6 rings (SSSR count). The number of benzene rings is 2. The third-order valence-electron chi connectivity index (χ3n) is 5.87. The van der Waals surface area contributed by atoms with E-state index in [1.165, 1.54) is 0 Å². The molecule has 1 N–H and O–H groups in total. The fourth-order valence-corrected chi connectivity index (χ4v) is 5.05. The Kier molecular flexibility index (Phi) is 5.32. The zero-order valence-electron chi connectivity index (χ0n) is 17.6. The molecule has 0 saturated carbocycles. The first-order valence-electron chi connectivity index (χ1n) is 10.5. The third kappa shape index (κ3) is 3.57. The molecule has 2 aliphatic heterocycles. The second-order valence-corrected chi connectivity index (χ2v) is 9.01. The highest BCUT2D eigenvalue weighted by Crippen LogP contribution is 2.46. The predicted molar refractivity (Wildman–Crippen MR) is 135 cm³/mol. The number of thiocarbonyl (C=S) groups is 1. The molecule has 0 amide bonds. The fourth-order valence-electron chi connectivity index (χ4n) is 4.31. The number of pyridine rings is 1. The Morgan fingerprint density at radius 2 is 1.85 bits per heavy atom. The van der Waals surface area contributed by atoms with Gasteiger partial charge in [-0.3, -0.25) is 4.98 Å². The van der Waals surface area contributed by atoms with E-state index in [0.29, 0.717) is 38.2 Å². The van der Waals surface area contributed by atoms with Crippen LogP contribution in [0.4, 0.5) is 5.69 Å². The van der Waals surface area contributed by atoms with Gasteiger partial charge in [0.15, 0.2) is 16.6 Å². The van der Waals surface area contributed by atoms with E-state index >= 15 is 0 Å². The normalized spacial score (nSPS) is 18.9. The number of halogens is 2. The first kappa shape index (κ1) is 21.3. The summed E-state index contributed by atoms with van der Waals surface area (Å²) in [5, 5.41) is 4.88. The van der Waals surface area contributed by atoms with E-state index in [0.717, 1.165) is 16.9 Å². The number of hydrogen-bond acceptors (Lipinski definition) is 5. The van der Waals surface area contributed by atoms with Crippen LogP contribution in [0.1, 0.15) is 23.5 Å². The number of nitrogens with zero attached hydrogens (tertiary/aromatic N) is 2. The minimum Gasteiger partial charge on any atom is -0.459 e. The van der Waals surface area contributed by atoms with Crippen LogP contribution in [0.5, 0.6) is 11.5 Å². The van der Waals surface area contributed by atoms with Gasteiger partial charge in [-0.25, -0.2) is 0 Å². The molecule has 2 aromatic carbocycles. The van der Waals surface area contributed by atoms with E-state index in [1.807, 2.05) is 65.6 Å². The lowest BCUT2D eigenvalue weighted by molar-refractivity contribution is 0.174. The average Bonchev–Trinajstić information content (AvgIpc) is 3.59. The fraction of sp³-hybridized carbons (Fsp3) is 0.120. The molecule has 4 aromatic rings. The van der Waals surface area contributed by atoms with Crippen LogP contribution < -0.4 is 19.7 Å².